The van der Waals surface area contributed by atoms with E-state index in [0.717, 1.165) is 12.0 Å². The first kappa shape index (κ1) is 8.97. The third kappa shape index (κ3) is 1.55. The summed E-state index contributed by atoms with van der Waals surface area (Å²) in [5, 5.41) is 0. The maximum absolute atomic E-state index is 13.0. The molecule has 12 heavy (non-hydrogen) atoms. The average Bonchev–Trinajstić information content (AvgIpc) is 2.09. The molecule has 0 amide bonds. The molecule has 1 aromatic rings. The van der Waals surface area contributed by atoms with E-state index in [1.54, 1.807) is 14.0 Å². The van der Waals surface area contributed by atoms with Crippen LogP contribution in [0.1, 0.15) is 18.2 Å². The normalized spacial score (nSPS) is 10.0. The fourth-order valence-corrected chi connectivity index (χ4v) is 1.03. The number of hydrogen-bond acceptors (Lipinski definition) is 2. The molecule has 0 aliphatic heterocycles. The van der Waals surface area contributed by atoms with Crippen LogP contribution >= 0.6 is 0 Å². The van der Waals surface area contributed by atoms with Crippen LogP contribution in [0.5, 0.6) is 5.88 Å². The van der Waals surface area contributed by atoms with E-state index in [0.29, 0.717) is 11.6 Å². The van der Waals surface area contributed by atoms with Crippen LogP contribution in [0.15, 0.2) is 6.07 Å². The van der Waals surface area contributed by atoms with Crippen molar-refractivity contribution in [2.45, 2.75) is 20.3 Å². The smallest absolute Gasteiger partial charge is 0.216 e. The number of nitrogens with zero attached hydrogens (tertiary/aromatic N) is 1. The van der Waals surface area contributed by atoms with Gasteiger partial charge in [0.15, 0.2) is 0 Å². The summed E-state index contributed by atoms with van der Waals surface area (Å²) < 4.78 is 18.0. The molecule has 0 atom stereocenters. The molecule has 0 saturated carbocycles. The molecule has 1 heterocycles. The molecule has 1 rings (SSSR count). The van der Waals surface area contributed by atoms with E-state index < -0.39 is 0 Å². The third-order valence-corrected chi connectivity index (χ3v) is 1.76. The van der Waals surface area contributed by atoms with Crippen LogP contribution in [0, 0.1) is 12.7 Å². The van der Waals surface area contributed by atoms with Gasteiger partial charge in [0.1, 0.15) is 5.82 Å². The molecule has 0 radical (unpaired) electrons. The van der Waals surface area contributed by atoms with Gasteiger partial charge in [-0.05, 0) is 19.4 Å². The predicted molar refractivity (Wildman–Crippen MR) is 44.9 cm³/mol. The highest BCUT2D eigenvalue weighted by Crippen LogP contribution is 2.18. The van der Waals surface area contributed by atoms with Gasteiger partial charge in [-0.25, -0.2) is 9.37 Å². The van der Waals surface area contributed by atoms with Crippen molar-refractivity contribution in [2.24, 2.45) is 0 Å². The van der Waals surface area contributed by atoms with E-state index >= 15 is 0 Å². The lowest BCUT2D eigenvalue weighted by molar-refractivity contribution is 0.389. The number of aromatic nitrogens is 1. The number of hydrogen-bond donors (Lipinski definition) is 0. The molecule has 2 nitrogen and oxygen atoms in total. The topological polar surface area (TPSA) is 22.1 Å². The minimum absolute atomic E-state index is 0.271. The standard InChI is InChI=1S/C9H12FNO/c1-4-7-5-8(10)6(2)11-9(7)12-3/h5H,4H2,1-3H3. The van der Waals surface area contributed by atoms with Crippen LogP contribution in [-0.4, -0.2) is 12.1 Å². The van der Waals surface area contributed by atoms with Crippen LogP contribution in [0.3, 0.4) is 0 Å². The van der Waals surface area contributed by atoms with Gasteiger partial charge in [-0.3, -0.25) is 0 Å². The first-order valence-electron chi connectivity index (χ1n) is 3.89. The van der Waals surface area contributed by atoms with E-state index in [9.17, 15) is 4.39 Å². The third-order valence-electron chi connectivity index (χ3n) is 1.76. The van der Waals surface area contributed by atoms with Gasteiger partial charge in [-0.2, -0.15) is 0 Å². The number of pyridine rings is 1. The number of rotatable bonds is 2. The maximum Gasteiger partial charge on any atom is 0.216 e. The zero-order valence-electron chi connectivity index (χ0n) is 7.52. The molecule has 3 heteroatoms. The van der Waals surface area contributed by atoms with E-state index in [-0.39, 0.29) is 5.82 Å². The number of halogens is 1. The zero-order chi connectivity index (χ0) is 9.14. The van der Waals surface area contributed by atoms with Crippen LogP contribution in [0.2, 0.25) is 0 Å². The Labute approximate surface area is 71.4 Å². The van der Waals surface area contributed by atoms with Crippen LogP contribution in [-0.2, 0) is 6.42 Å². The molecule has 0 aromatic carbocycles. The summed E-state index contributed by atoms with van der Waals surface area (Å²) >= 11 is 0. The Morgan fingerprint density at radius 1 is 1.58 bits per heavy atom. The van der Waals surface area contributed by atoms with Crippen molar-refractivity contribution < 1.29 is 9.13 Å². The van der Waals surface area contributed by atoms with E-state index in [4.69, 9.17) is 4.74 Å². The van der Waals surface area contributed by atoms with Crippen LogP contribution in [0.25, 0.3) is 0 Å². The van der Waals surface area contributed by atoms with Gasteiger partial charge in [0.2, 0.25) is 5.88 Å². The minimum Gasteiger partial charge on any atom is -0.481 e. The maximum atomic E-state index is 13.0. The van der Waals surface area contributed by atoms with Crippen molar-refractivity contribution in [2.75, 3.05) is 7.11 Å². The summed E-state index contributed by atoms with van der Waals surface area (Å²) in [6.45, 7) is 3.56. The molecule has 1 aromatic heterocycles. The zero-order valence-corrected chi connectivity index (χ0v) is 7.52. The fourth-order valence-electron chi connectivity index (χ4n) is 1.03. The Morgan fingerprint density at radius 3 is 2.75 bits per heavy atom. The van der Waals surface area contributed by atoms with E-state index in [1.807, 2.05) is 6.92 Å². The van der Waals surface area contributed by atoms with Gasteiger partial charge in [-0.15, -0.1) is 0 Å². The molecular weight excluding hydrogens is 157 g/mol. The van der Waals surface area contributed by atoms with Gasteiger partial charge in [0.05, 0.1) is 12.8 Å². The van der Waals surface area contributed by atoms with Crippen LogP contribution in [0.4, 0.5) is 4.39 Å². The summed E-state index contributed by atoms with van der Waals surface area (Å²) in [5.41, 5.74) is 1.18. The second kappa shape index (κ2) is 3.52. The highest BCUT2D eigenvalue weighted by atomic mass is 19.1. The van der Waals surface area contributed by atoms with Crippen molar-refractivity contribution >= 4 is 0 Å². The molecule has 0 bridgehead atoms. The molecule has 0 saturated heterocycles. The summed E-state index contributed by atoms with van der Waals surface area (Å²) in [5.74, 6) is 0.254. The van der Waals surface area contributed by atoms with Gasteiger partial charge in [0, 0.05) is 5.56 Å². The SMILES string of the molecule is CCc1cc(F)c(C)nc1OC. The molecule has 0 spiro atoms. The van der Waals surface area contributed by atoms with Crippen LogP contribution < -0.4 is 4.74 Å². The first-order chi connectivity index (χ1) is 5.69. The monoisotopic (exact) mass is 169 g/mol. The Kier molecular flexibility index (Phi) is 2.63. The number of methoxy groups -OCH3 is 1. The highest BCUT2D eigenvalue weighted by molar-refractivity contribution is 5.28. The summed E-state index contributed by atoms with van der Waals surface area (Å²) in [4.78, 5) is 3.96. The van der Waals surface area contributed by atoms with E-state index in [1.165, 1.54) is 6.07 Å². The Hall–Kier alpha value is -1.12. The van der Waals surface area contributed by atoms with Crippen molar-refractivity contribution in [1.29, 1.82) is 0 Å². The summed E-state index contributed by atoms with van der Waals surface area (Å²) in [6.07, 6.45) is 0.730. The highest BCUT2D eigenvalue weighted by Gasteiger charge is 2.07. The minimum atomic E-state index is -0.271. The predicted octanol–water partition coefficient (Wildman–Crippen LogP) is 2.10. The second-order valence-corrected chi connectivity index (χ2v) is 2.58. The molecule has 0 unspecified atom stereocenters. The lowest BCUT2D eigenvalue weighted by Gasteiger charge is -2.06. The van der Waals surface area contributed by atoms with Gasteiger partial charge in [-0.1, -0.05) is 6.92 Å². The number of ether oxygens (including phenoxy) is 1. The average molecular weight is 169 g/mol. The second-order valence-electron chi connectivity index (χ2n) is 2.58. The summed E-state index contributed by atoms with van der Waals surface area (Å²) in [6, 6.07) is 1.47. The molecule has 0 N–H and O–H groups in total. The van der Waals surface area contributed by atoms with Gasteiger partial charge in [0.25, 0.3) is 0 Å². The fraction of sp³-hybridized carbons (Fsp3) is 0.444. The van der Waals surface area contributed by atoms with Crippen molar-refractivity contribution in [3.8, 4) is 5.88 Å². The Balaban J connectivity index is 3.19. The Bertz CT molecular complexity index is 257. The lowest BCUT2D eigenvalue weighted by atomic mass is 10.2. The van der Waals surface area contributed by atoms with E-state index in [2.05, 4.69) is 4.98 Å². The van der Waals surface area contributed by atoms with Crippen molar-refractivity contribution in [1.82, 2.24) is 4.98 Å². The Morgan fingerprint density at radius 2 is 2.25 bits per heavy atom. The molecule has 0 fully saturated rings. The number of aryl methyl sites for hydroxylation is 2. The summed E-state index contributed by atoms with van der Waals surface area (Å²) in [7, 11) is 1.54. The largest absolute Gasteiger partial charge is 0.481 e. The van der Waals surface area contributed by atoms with Gasteiger partial charge >= 0.3 is 0 Å². The molecule has 66 valence electrons. The molecular formula is C9H12FNO. The quantitative estimate of drug-likeness (QED) is 0.676. The van der Waals surface area contributed by atoms with Crippen molar-refractivity contribution in [3.05, 3.63) is 23.1 Å². The molecule has 0 aliphatic rings. The lowest BCUT2D eigenvalue weighted by Crippen LogP contribution is -1.98. The van der Waals surface area contributed by atoms with Crippen molar-refractivity contribution in [3.63, 3.8) is 0 Å². The molecule has 0 aliphatic carbocycles. The first-order valence-corrected chi connectivity index (χ1v) is 3.89. The van der Waals surface area contributed by atoms with Gasteiger partial charge < -0.3 is 4.74 Å².